The summed E-state index contributed by atoms with van der Waals surface area (Å²) in [5.74, 6) is -0.960. The van der Waals surface area contributed by atoms with E-state index < -0.39 is 16.0 Å². The Labute approximate surface area is 124 Å². The Kier molecular flexibility index (Phi) is 6.54. The van der Waals surface area contributed by atoms with Crippen LogP contribution < -0.4 is 4.72 Å². The minimum absolute atomic E-state index is 0.0940. The van der Waals surface area contributed by atoms with Gasteiger partial charge >= 0.3 is 5.97 Å². The first kappa shape index (κ1) is 17.4. The number of rotatable bonds is 9. The Hall–Kier alpha value is -1.70. The highest BCUT2D eigenvalue weighted by atomic mass is 32.2. The molecule has 0 spiro atoms. The Morgan fingerprint density at radius 3 is 2.48 bits per heavy atom. The molecule has 0 heterocycles. The van der Waals surface area contributed by atoms with Gasteiger partial charge < -0.3 is 9.84 Å². The van der Waals surface area contributed by atoms with Crippen molar-refractivity contribution in [2.24, 2.45) is 0 Å². The van der Waals surface area contributed by atoms with Crippen molar-refractivity contribution in [2.75, 3.05) is 19.8 Å². The molecule has 6 nitrogen and oxygen atoms in total. The molecule has 0 aliphatic carbocycles. The number of nitrogens with one attached hydrogen (secondary N) is 1. The number of benzene rings is 1. The average Bonchev–Trinajstić information content (AvgIpc) is 2.37. The molecule has 0 atom stereocenters. The number of aliphatic carboxylic acids is 1. The van der Waals surface area contributed by atoms with Crippen molar-refractivity contribution in [3.63, 3.8) is 0 Å². The van der Waals surface area contributed by atoms with Crippen LogP contribution in [-0.4, -0.2) is 39.3 Å². The minimum Gasteiger partial charge on any atom is -0.481 e. The summed E-state index contributed by atoms with van der Waals surface area (Å²) in [5, 5.41) is 8.65. The number of sulfonamides is 1. The number of carboxylic acids is 1. The lowest BCUT2D eigenvalue weighted by atomic mass is 10.2. The van der Waals surface area contributed by atoms with Gasteiger partial charge in [-0.1, -0.05) is 24.3 Å². The van der Waals surface area contributed by atoms with Crippen molar-refractivity contribution in [1.82, 2.24) is 4.72 Å². The lowest BCUT2D eigenvalue weighted by molar-refractivity contribution is -0.136. The van der Waals surface area contributed by atoms with Crippen LogP contribution in [0.4, 0.5) is 0 Å². The Balaban J connectivity index is 2.54. The van der Waals surface area contributed by atoms with Gasteiger partial charge in [0.05, 0.1) is 24.5 Å². The van der Waals surface area contributed by atoms with E-state index in [0.717, 1.165) is 5.57 Å². The third kappa shape index (κ3) is 6.52. The van der Waals surface area contributed by atoms with Crippen molar-refractivity contribution in [3.05, 3.63) is 42.0 Å². The third-order valence-electron chi connectivity index (χ3n) is 2.48. The maximum Gasteiger partial charge on any atom is 0.307 e. The second kappa shape index (κ2) is 7.92. The summed E-state index contributed by atoms with van der Waals surface area (Å²) in [6.07, 6.45) is -0.136. The first-order valence-electron chi connectivity index (χ1n) is 6.34. The van der Waals surface area contributed by atoms with Gasteiger partial charge in [-0.3, -0.25) is 4.79 Å². The zero-order chi connectivity index (χ0) is 15.9. The van der Waals surface area contributed by atoms with E-state index in [1.165, 1.54) is 24.3 Å². The van der Waals surface area contributed by atoms with Gasteiger partial charge in [0, 0.05) is 6.54 Å². The molecule has 0 aromatic heterocycles. The molecule has 0 aliphatic heterocycles. The summed E-state index contributed by atoms with van der Waals surface area (Å²) in [7, 11) is -3.61. The normalized spacial score (nSPS) is 11.3. The molecule has 116 valence electrons. The van der Waals surface area contributed by atoms with Crippen molar-refractivity contribution in [1.29, 1.82) is 0 Å². The van der Waals surface area contributed by atoms with E-state index in [1.54, 1.807) is 0 Å². The second-order valence-electron chi connectivity index (χ2n) is 4.62. The van der Waals surface area contributed by atoms with E-state index in [1.807, 2.05) is 6.92 Å². The molecule has 1 rings (SSSR count). The van der Waals surface area contributed by atoms with Gasteiger partial charge in [-0.05, 0) is 24.6 Å². The summed E-state index contributed by atoms with van der Waals surface area (Å²) in [5.41, 5.74) is 1.41. The van der Waals surface area contributed by atoms with Gasteiger partial charge in [0.2, 0.25) is 10.0 Å². The summed E-state index contributed by atoms with van der Waals surface area (Å²) in [4.78, 5) is 10.6. The molecule has 1 aromatic rings. The lowest BCUT2D eigenvalue weighted by Crippen LogP contribution is -2.27. The van der Waals surface area contributed by atoms with E-state index in [9.17, 15) is 13.2 Å². The van der Waals surface area contributed by atoms with Crippen LogP contribution in [-0.2, 0) is 26.0 Å². The molecule has 21 heavy (non-hydrogen) atoms. The lowest BCUT2D eigenvalue weighted by Gasteiger charge is -2.08. The fourth-order valence-corrected chi connectivity index (χ4v) is 2.55. The zero-order valence-electron chi connectivity index (χ0n) is 11.8. The van der Waals surface area contributed by atoms with Gasteiger partial charge in [0.15, 0.2) is 0 Å². The van der Waals surface area contributed by atoms with Crippen LogP contribution in [0, 0.1) is 0 Å². The molecule has 0 unspecified atom stereocenters. The van der Waals surface area contributed by atoms with Crippen LogP contribution in [0.15, 0.2) is 41.3 Å². The number of hydrogen-bond acceptors (Lipinski definition) is 4. The fraction of sp³-hybridized carbons (Fsp3) is 0.357. The maximum atomic E-state index is 12.0. The van der Waals surface area contributed by atoms with Crippen molar-refractivity contribution < 1.29 is 23.1 Å². The largest absolute Gasteiger partial charge is 0.481 e. The van der Waals surface area contributed by atoms with Gasteiger partial charge in [-0.2, -0.15) is 0 Å². The Morgan fingerprint density at radius 1 is 1.33 bits per heavy atom. The van der Waals surface area contributed by atoms with Crippen molar-refractivity contribution >= 4 is 16.0 Å². The molecule has 7 heteroatoms. The van der Waals surface area contributed by atoms with Gasteiger partial charge in [-0.25, -0.2) is 13.1 Å². The van der Waals surface area contributed by atoms with Crippen LogP contribution in [0.1, 0.15) is 12.5 Å². The fourth-order valence-electron chi connectivity index (χ4n) is 1.54. The quantitative estimate of drug-likeness (QED) is 0.527. The molecular weight excluding hydrogens is 294 g/mol. The maximum absolute atomic E-state index is 12.0. The number of ether oxygens (including phenoxy) is 1. The van der Waals surface area contributed by atoms with Crippen LogP contribution in [0.5, 0.6) is 0 Å². The Morgan fingerprint density at radius 2 is 1.95 bits per heavy atom. The predicted octanol–water partition coefficient (Wildman–Crippen LogP) is 1.18. The smallest absolute Gasteiger partial charge is 0.307 e. The highest BCUT2D eigenvalue weighted by Gasteiger charge is 2.13. The van der Waals surface area contributed by atoms with Crippen LogP contribution in [0.3, 0.4) is 0 Å². The first-order valence-corrected chi connectivity index (χ1v) is 7.82. The summed E-state index contributed by atoms with van der Waals surface area (Å²) in [6, 6.07) is 5.74. The predicted molar refractivity (Wildman–Crippen MR) is 78.6 cm³/mol. The van der Waals surface area contributed by atoms with Crippen molar-refractivity contribution in [3.8, 4) is 0 Å². The molecule has 2 N–H and O–H groups in total. The van der Waals surface area contributed by atoms with E-state index in [4.69, 9.17) is 9.84 Å². The van der Waals surface area contributed by atoms with E-state index >= 15 is 0 Å². The van der Waals surface area contributed by atoms with E-state index in [2.05, 4.69) is 11.3 Å². The first-order chi connectivity index (χ1) is 9.81. The molecule has 0 fully saturated rings. The standard InChI is InChI=1S/C14H19NO5S/c1-11(2)10-20-8-7-15-21(18,19)13-5-3-12(4-6-13)9-14(16)17/h3-6,15H,1,7-10H2,2H3,(H,16,17). The minimum atomic E-state index is -3.61. The molecule has 0 bridgehead atoms. The summed E-state index contributed by atoms with van der Waals surface area (Å²) in [6.45, 7) is 6.30. The van der Waals surface area contributed by atoms with Gasteiger partial charge in [0.25, 0.3) is 0 Å². The highest BCUT2D eigenvalue weighted by Crippen LogP contribution is 2.10. The third-order valence-corrected chi connectivity index (χ3v) is 3.95. The second-order valence-corrected chi connectivity index (χ2v) is 6.39. The molecule has 0 saturated carbocycles. The number of carboxylic acid groups (broad SMARTS) is 1. The molecule has 1 aromatic carbocycles. The SMILES string of the molecule is C=C(C)COCCNS(=O)(=O)c1ccc(CC(=O)O)cc1. The molecule has 0 amide bonds. The summed E-state index contributed by atoms with van der Waals surface area (Å²) >= 11 is 0. The highest BCUT2D eigenvalue weighted by molar-refractivity contribution is 7.89. The van der Waals surface area contributed by atoms with E-state index in [0.29, 0.717) is 12.2 Å². The molecule has 0 radical (unpaired) electrons. The molecular formula is C14H19NO5S. The van der Waals surface area contributed by atoms with Crippen molar-refractivity contribution in [2.45, 2.75) is 18.2 Å². The summed E-state index contributed by atoms with van der Waals surface area (Å²) < 4.78 is 31.5. The van der Waals surface area contributed by atoms with Crippen LogP contribution >= 0.6 is 0 Å². The number of carbonyl (C=O) groups is 1. The average molecular weight is 313 g/mol. The van der Waals surface area contributed by atoms with Gasteiger partial charge in [0.1, 0.15) is 0 Å². The zero-order valence-corrected chi connectivity index (χ0v) is 12.6. The number of hydrogen-bond donors (Lipinski definition) is 2. The Bertz CT molecular complexity index is 592. The monoisotopic (exact) mass is 313 g/mol. The van der Waals surface area contributed by atoms with Crippen LogP contribution in [0.2, 0.25) is 0 Å². The topological polar surface area (TPSA) is 92.7 Å². The van der Waals surface area contributed by atoms with E-state index in [-0.39, 0.29) is 24.5 Å². The molecule has 0 aliphatic rings. The van der Waals surface area contributed by atoms with Gasteiger partial charge in [-0.15, -0.1) is 0 Å². The molecule has 0 saturated heterocycles. The van der Waals surface area contributed by atoms with Crippen LogP contribution in [0.25, 0.3) is 0 Å².